The van der Waals surface area contributed by atoms with E-state index >= 15 is 0 Å². The monoisotopic (exact) mass is 250 g/mol. The van der Waals surface area contributed by atoms with Gasteiger partial charge in [0.1, 0.15) is 5.75 Å². The summed E-state index contributed by atoms with van der Waals surface area (Å²) < 4.78 is 5.34. The quantitative estimate of drug-likeness (QED) is 0.763. The number of methoxy groups -OCH3 is 1. The number of nitrogens with two attached hydrogens (primary N) is 1. The van der Waals surface area contributed by atoms with Crippen molar-refractivity contribution in [1.82, 2.24) is 5.32 Å². The Kier molecular flexibility index (Phi) is 5.03. The molecule has 1 rings (SSSR count). The smallest absolute Gasteiger partial charge is 0.125 e. The van der Waals surface area contributed by atoms with E-state index in [0.29, 0.717) is 11.3 Å². The molecular weight excluding hydrogens is 224 g/mol. The van der Waals surface area contributed by atoms with Crippen molar-refractivity contribution in [2.24, 2.45) is 11.3 Å². The van der Waals surface area contributed by atoms with Crippen LogP contribution in [0.25, 0.3) is 0 Å². The highest BCUT2D eigenvalue weighted by Gasteiger charge is 2.21. The highest BCUT2D eigenvalue weighted by atomic mass is 16.5. The summed E-state index contributed by atoms with van der Waals surface area (Å²) in [6.07, 6.45) is 0. The van der Waals surface area contributed by atoms with Crippen LogP contribution in [-0.2, 0) is 6.54 Å². The molecule has 3 nitrogen and oxygen atoms in total. The number of ether oxygens (including phenoxy) is 1. The van der Waals surface area contributed by atoms with Crippen LogP contribution in [0.1, 0.15) is 33.3 Å². The molecule has 0 spiro atoms. The molecule has 0 radical (unpaired) electrons. The molecule has 0 unspecified atom stereocenters. The van der Waals surface area contributed by atoms with E-state index in [1.807, 2.05) is 18.2 Å². The molecule has 0 saturated carbocycles. The predicted molar refractivity (Wildman–Crippen MR) is 77.7 cm³/mol. The van der Waals surface area contributed by atoms with Crippen molar-refractivity contribution in [2.45, 2.75) is 34.2 Å². The molecule has 0 saturated heterocycles. The summed E-state index contributed by atoms with van der Waals surface area (Å²) in [6, 6.07) is 5.79. The first-order valence-electron chi connectivity index (χ1n) is 6.50. The van der Waals surface area contributed by atoms with Crippen LogP contribution in [-0.4, -0.2) is 13.7 Å². The minimum atomic E-state index is 0.293. The fourth-order valence-corrected chi connectivity index (χ4v) is 1.63. The van der Waals surface area contributed by atoms with Crippen LogP contribution < -0.4 is 15.8 Å². The molecular formula is C15H26N2O. The molecule has 0 bridgehead atoms. The number of hydrogen-bond acceptors (Lipinski definition) is 3. The molecule has 1 aromatic rings. The topological polar surface area (TPSA) is 47.3 Å². The highest BCUT2D eigenvalue weighted by molar-refractivity contribution is 5.48. The Morgan fingerprint density at radius 2 is 2.00 bits per heavy atom. The number of rotatable bonds is 6. The Morgan fingerprint density at radius 1 is 1.33 bits per heavy atom. The van der Waals surface area contributed by atoms with Crippen LogP contribution in [0.3, 0.4) is 0 Å². The molecule has 0 fully saturated rings. The second-order valence-electron chi connectivity index (χ2n) is 5.82. The van der Waals surface area contributed by atoms with E-state index in [4.69, 9.17) is 10.5 Å². The van der Waals surface area contributed by atoms with Crippen LogP contribution in [0.4, 0.5) is 5.69 Å². The lowest BCUT2D eigenvalue weighted by atomic mass is 9.81. The minimum absolute atomic E-state index is 0.293. The Morgan fingerprint density at radius 3 is 2.56 bits per heavy atom. The molecule has 0 aliphatic rings. The largest absolute Gasteiger partial charge is 0.496 e. The highest BCUT2D eigenvalue weighted by Crippen LogP contribution is 2.25. The van der Waals surface area contributed by atoms with E-state index in [1.165, 1.54) is 0 Å². The summed E-state index contributed by atoms with van der Waals surface area (Å²) in [6.45, 7) is 10.9. The van der Waals surface area contributed by atoms with Crippen molar-refractivity contribution in [2.75, 3.05) is 19.4 Å². The van der Waals surface area contributed by atoms with Crippen LogP contribution in [0.15, 0.2) is 18.2 Å². The fourth-order valence-electron chi connectivity index (χ4n) is 1.63. The molecule has 0 heterocycles. The summed E-state index contributed by atoms with van der Waals surface area (Å²) in [4.78, 5) is 0. The van der Waals surface area contributed by atoms with Crippen LogP contribution >= 0.6 is 0 Å². The van der Waals surface area contributed by atoms with Crippen molar-refractivity contribution in [3.05, 3.63) is 23.8 Å². The van der Waals surface area contributed by atoms with E-state index in [9.17, 15) is 0 Å². The van der Waals surface area contributed by atoms with E-state index in [2.05, 4.69) is 33.0 Å². The Balaban J connectivity index is 2.59. The summed E-state index contributed by atoms with van der Waals surface area (Å²) in [5.41, 5.74) is 7.91. The molecule has 18 heavy (non-hydrogen) atoms. The van der Waals surface area contributed by atoms with Gasteiger partial charge in [0, 0.05) is 30.4 Å². The standard InChI is InChI=1S/C15H26N2O/c1-11(2)15(3,4)10-17-9-12-6-7-13(16)8-14(12)18-5/h6-8,11,17H,9-10,16H2,1-5H3. The van der Waals surface area contributed by atoms with Gasteiger partial charge in [-0.15, -0.1) is 0 Å². The van der Waals surface area contributed by atoms with Crippen molar-refractivity contribution in [3.8, 4) is 5.75 Å². The summed E-state index contributed by atoms with van der Waals surface area (Å²) in [5.74, 6) is 1.50. The lowest BCUT2D eigenvalue weighted by molar-refractivity contribution is 0.237. The normalized spacial score (nSPS) is 11.9. The molecule has 1 aromatic carbocycles. The number of benzene rings is 1. The van der Waals surface area contributed by atoms with Gasteiger partial charge < -0.3 is 15.8 Å². The van der Waals surface area contributed by atoms with Gasteiger partial charge in [0.05, 0.1) is 7.11 Å². The molecule has 0 aliphatic heterocycles. The van der Waals surface area contributed by atoms with Crippen molar-refractivity contribution < 1.29 is 4.74 Å². The maximum atomic E-state index is 5.74. The Labute approximate surface area is 111 Å². The van der Waals surface area contributed by atoms with Gasteiger partial charge in [0.2, 0.25) is 0 Å². The van der Waals surface area contributed by atoms with E-state index in [0.717, 1.165) is 30.1 Å². The number of nitrogens with one attached hydrogen (secondary N) is 1. The van der Waals surface area contributed by atoms with Gasteiger partial charge in [0.15, 0.2) is 0 Å². The SMILES string of the molecule is COc1cc(N)ccc1CNCC(C)(C)C(C)C. The summed E-state index contributed by atoms with van der Waals surface area (Å²) in [5, 5.41) is 3.50. The first kappa shape index (κ1) is 14.8. The molecule has 102 valence electrons. The zero-order valence-corrected chi connectivity index (χ0v) is 12.2. The van der Waals surface area contributed by atoms with Crippen LogP contribution in [0, 0.1) is 11.3 Å². The minimum Gasteiger partial charge on any atom is -0.496 e. The third-order valence-electron chi connectivity index (χ3n) is 3.77. The van der Waals surface area contributed by atoms with Gasteiger partial charge in [-0.25, -0.2) is 0 Å². The molecule has 0 aromatic heterocycles. The third-order valence-corrected chi connectivity index (χ3v) is 3.77. The molecule has 0 amide bonds. The number of anilines is 1. The summed E-state index contributed by atoms with van der Waals surface area (Å²) >= 11 is 0. The van der Waals surface area contributed by atoms with Gasteiger partial charge in [-0.2, -0.15) is 0 Å². The summed E-state index contributed by atoms with van der Waals surface area (Å²) in [7, 11) is 1.68. The molecule has 3 N–H and O–H groups in total. The average molecular weight is 250 g/mol. The third kappa shape index (κ3) is 3.91. The average Bonchev–Trinajstić information content (AvgIpc) is 2.30. The van der Waals surface area contributed by atoms with Gasteiger partial charge >= 0.3 is 0 Å². The molecule has 3 heteroatoms. The van der Waals surface area contributed by atoms with Crippen LogP contribution in [0.5, 0.6) is 5.75 Å². The Hall–Kier alpha value is -1.22. The zero-order valence-electron chi connectivity index (χ0n) is 12.2. The van der Waals surface area contributed by atoms with Crippen molar-refractivity contribution in [3.63, 3.8) is 0 Å². The zero-order chi connectivity index (χ0) is 13.8. The lowest BCUT2D eigenvalue weighted by Gasteiger charge is -2.29. The van der Waals surface area contributed by atoms with Gasteiger partial charge in [-0.05, 0) is 17.4 Å². The first-order valence-corrected chi connectivity index (χ1v) is 6.50. The van der Waals surface area contributed by atoms with Gasteiger partial charge in [0.25, 0.3) is 0 Å². The lowest BCUT2D eigenvalue weighted by Crippen LogP contribution is -2.33. The number of nitrogen functional groups attached to an aromatic ring is 1. The van der Waals surface area contributed by atoms with E-state index in [-0.39, 0.29) is 0 Å². The predicted octanol–water partition coefficient (Wildman–Crippen LogP) is 3.05. The maximum absolute atomic E-state index is 5.74. The van der Waals surface area contributed by atoms with Gasteiger partial charge in [-0.1, -0.05) is 33.8 Å². The fraction of sp³-hybridized carbons (Fsp3) is 0.600. The van der Waals surface area contributed by atoms with Crippen molar-refractivity contribution >= 4 is 5.69 Å². The maximum Gasteiger partial charge on any atom is 0.125 e. The number of hydrogen-bond donors (Lipinski definition) is 2. The second-order valence-corrected chi connectivity index (χ2v) is 5.82. The second kappa shape index (κ2) is 6.10. The van der Waals surface area contributed by atoms with Crippen LogP contribution in [0.2, 0.25) is 0 Å². The first-order chi connectivity index (χ1) is 8.36. The molecule has 0 atom stereocenters. The molecule has 0 aliphatic carbocycles. The Bertz CT molecular complexity index is 386. The van der Waals surface area contributed by atoms with Crippen molar-refractivity contribution in [1.29, 1.82) is 0 Å². The van der Waals surface area contributed by atoms with Gasteiger partial charge in [-0.3, -0.25) is 0 Å². The van der Waals surface area contributed by atoms with E-state index < -0.39 is 0 Å². The van der Waals surface area contributed by atoms with E-state index in [1.54, 1.807) is 7.11 Å².